The van der Waals surface area contributed by atoms with E-state index in [0.29, 0.717) is 26.2 Å². The lowest BCUT2D eigenvalue weighted by Gasteiger charge is -2.36. The van der Waals surface area contributed by atoms with Crippen LogP contribution in [0.25, 0.3) is 6.08 Å². The van der Waals surface area contributed by atoms with Crippen LogP contribution in [0.3, 0.4) is 0 Å². The molecule has 0 bridgehead atoms. The predicted octanol–water partition coefficient (Wildman–Crippen LogP) is 3.35. The molecule has 1 aliphatic heterocycles. The van der Waals surface area contributed by atoms with Crippen molar-refractivity contribution in [1.29, 1.82) is 0 Å². The SMILES string of the molecule is C/C(=C\c1ccccc1)C(=O)N1CCN(c2ccc([N+](=O)[O-])cc2)CC1. The van der Waals surface area contributed by atoms with Crippen LogP contribution in [0, 0.1) is 10.1 Å². The molecule has 0 saturated carbocycles. The molecule has 3 rings (SSSR count). The molecule has 1 heterocycles. The third-order valence-electron chi connectivity index (χ3n) is 4.51. The molecule has 1 fully saturated rings. The molecule has 0 atom stereocenters. The molecule has 0 N–H and O–H groups in total. The van der Waals surface area contributed by atoms with E-state index in [9.17, 15) is 14.9 Å². The first-order chi connectivity index (χ1) is 12.5. The number of non-ortho nitro benzene ring substituents is 1. The number of nitro benzene ring substituents is 1. The Kier molecular flexibility index (Phi) is 5.31. The van der Waals surface area contributed by atoms with Crippen LogP contribution in [0.5, 0.6) is 0 Å². The summed E-state index contributed by atoms with van der Waals surface area (Å²) in [4.78, 5) is 27.0. The van der Waals surface area contributed by atoms with Gasteiger partial charge in [0.1, 0.15) is 0 Å². The monoisotopic (exact) mass is 351 g/mol. The third kappa shape index (κ3) is 4.08. The smallest absolute Gasteiger partial charge is 0.269 e. The maximum absolute atomic E-state index is 12.6. The Morgan fingerprint density at radius 1 is 1.00 bits per heavy atom. The van der Waals surface area contributed by atoms with Crippen molar-refractivity contribution in [1.82, 2.24) is 4.90 Å². The average Bonchev–Trinajstić information content (AvgIpc) is 2.68. The molecule has 0 aliphatic carbocycles. The van der Waals surface area contributed by atoms with Crippen LogP contribution >= 0.6 is 0 Å². The molecule has 0 unspecified atom stereocenters. The summed E-state index contributed by atoms with van der Waals surface area (Å²) >= 11 is 0. The van der Waals surface area contributed by atoms with E-state index < -0.39 is 4.92 Å². The van der Waals surface area contributed by atoms with E-state index in [1.807, 2.05) is 48.2 Å². The molecular weight excluding hydrogens is 330 g/mol. The molecule has 134 valence electrons. The number of benzene rings is 2. The molecule has 26 heavy (non-hydrogen) atoms. The van der Waals surface area contributed by atoms with Crippen LogP contribution in [-0.4, -0.2) is 41.9 Å². The van der Waals surface area contributed by atoms with Gasteiger partial charge in [0.05, 0.1) is 4.92 Å². The molecule has 0 spiro atoms. The zero-order valence-electron chi connectivity index (χ0n) is 14.7. The molecule has 1 saturated heterocycles. The molecule has 1 aliphatic rings. The van der Waals surface area contributed by atoms with Crippen LogP contribution < -0.4 is 4.90 Å². The topological polar surface area (TPSA) is 66.7 Å². The summed E-state index contributed by atoms with van der Waals surface area (Å²) in [6, 6.07) is 16.4. The van der Waals surface area contributed by atoms with E-state index in [1.165, 1.54) is 12.1 Å². The van der Waals surface area contributed by atoms with Gasteiger partial charge in [-0.05, 0) is 30.7 Å². The summed E-state index contributed by atoms with van der Waals surface area (Å²) in [5, 5.41) is 10.7. The van der Waals surface area contributed by atoms with E-state index in [1.54, 1.807) is 12.1 Å². The maximum atomic E-state index is 12.6. The molecule has 1 amide bonds. The number of carbonyl (C=O) groups is 1. The van der Waals surface area contributed by atoms with E-state index in [0.717, 1.165) is 16.8 Å². The van der Waals surface area contributed by atoms with Crippen molar-refractivity contribution in [2.45, 2.75) is 6.92 Å². The van der Waals surface area contributed by atoms with Gasteiger partial charge in [0, 0.05) is 49.6 Å². The number of nitrogens with zero attached hydrogens (tertiary/aromatic N) is 3. The summed E-state index contributed by atoms with van der Waals surface area (Å²) in [7, 11) is 0. The molecule has 6 heteroatoms. The highest BCUT2D eigenvalue weighted by molar-refractivity contribution is 5.97. The number of carbonyl (C=O) groups excluding carboxylic acids is 1. The standard InChI is InChI=1S/C20H21N3O3/c1-16(15-17-5-3-2-4-6-17)20(24)22-13-11-21(12-14-22)18-7-9-19(10-8-18)23(25)26/h2-10,15H,11-14H2,1H3/b16-15+. The van der Waals surface area contributed by atoms with Gasteiger partial charge in [-0.2, -0.15) is 0 Å². The highest BCUT2D eigenvalue weighted by Crippen LogP contribution is 2.21. The highest BCUT2D eigenvalue weighted by atomic mass is 16.6. The lowest BCUT2D eigenvalue weighted by atomic mass is 10.1. The lowest BCUT2D eigenvalue weighted by Crippen LogP contribution is -2.49. The van der Waals surface area contributed by atoms with Gasteiger partial charge in [0.25, 0.3) is 5.69 Å². The predicted molar refractivity (Wildman–Crippen MR) is 102 cm³/mol. The first-order valence-corrected chi connectivity index (χ1v) is 8.56. The van der Waals surface area contributed by atoms with Crippen molar-refractivity contribution in [3.05, 3.63) is 75.8 Å². The Balaban J connectivity index is 1.60. The largest absolute Gasteiger partial charge is 0.368 e. The number of anilines is 1. The molecule has 2 aromatic rings. The quantitative estimate of drug-likeness (QED) is 0.481. The van der Waals surface area contributed by atoms with Gasteiger partial charge in [-0.25, -0.2) is 0 Å². The van der Waals surface area contributed by atoms with Crippen LogP contribution in [0.15, 0.2) is 60.2 Å². The van der Waals surface area contributed by atoms with Crippen molar-refractivity contribution in [3.63, 3.8) is 0 Å². The summed E-state index contributed by atoms with van der Waals surface area (Å²) in [5.41, 5.74) is 2.77. The van der Waals surface area contributed by atoms with Gasteiger partial charge in [0.15, 0.2) is 0 Å². The van der Waals surface area contributed by atoms with Crippen molar-refractivity contribution >= 4 is 23.4 Å². The average molecular weight is 351 g/mol. The number of hydrogen-bond donors (Lipinski definition) is 0. The fraction of sp³-hybridized carbons (Fsp3) is 0.250. The van der Waals surface area contributed by atoms with Gasteiger partial charge in [0.2, 0.25) is 5.91 Å². The number of rotatable bonds is 4. The van der Waals surface area contributed by atoms with Crippen molar-refractivity contribution < 1.29 is 9.72 Å². The Labute approximate surface area is 152 Å². The van der Waals surface area contributed by atoms with Crippen LogP contribution in [-0.2, 0) is 4.79 Å². The van der Waals surface area contributed by atoms with Crippen LogP contribution in [0.2, 0.25) is 0 Å². The minimum absolute atomic E-state index is 0.0530. The van der Waals surface area contributed by atoms with E-state index in [-0.39, 0.29) is 11.6 Å². The lowest BCUT2D eigenvalue weighted by molar-refractivity contribution is -0.384. The number of amides is 1. The molecule has 0 aromatic heterocycles. The summed E-state index contributed by atoms with van der Waals surface area (Å²) < 4.78 is 0. The number of piperazine rings is 1. The zero-order chi connectivity index (χ0) is 18.5. The maximum Gasteiger partial charge on any atom is 0.269 e. The van der Waals surface area contributed by atoms with Crippen molar-refractivity contribution in [2.24, 2.45) is 0 Å². The highest BCUT2D eigenvalue weighted by Gasteiger charge is 2.22. The first-order valence-electron chi connectivity index (χ1n) is 8.56. The minimum atomic E-state index is -0.401. The Bertz CT molecular complexity index is 808. The van der Waals surface area contributed by atoms with E-state index >= 15 is 0 Å². The second-order valence-electron chi connectivity index (χ2n) is 6.29. The number of hydrogen-bond acceptors (Lipinski definition) is 4. The molecule has 2 aromatic carbocycles. The summed E-state index contributed by atoms with van der Waals surface area (Å²) in [6.45, 7) is 4.54. The zero-order valence-corrected chi connectivity index (χ0v) is 14.7. The Hall–Kier alpha value is -3.15. The van der Waals surface area contributed by atoms with Gasteiger partial charge < -0.3 is 9.80 Å². The third-order valence-corrected chi connectivity index (χ3v) is 4.51. The molecular formula is C20H21N3O3. The Morgan fingerprint density at radius 3 is 2.19 bits per heavy atom. The Morgan fingerprint density at radius 2 is 1.62 bits per heavy atom. The first kappa shape index (κ1) is 17.7. The summed E-state index contributed by atoms with van der Waals surface area (Å²) in [6.07, 6.45) is 1.91. The van der Waals surface area contributed by atoms with Gasteiger partial charge in [-0.15, -0.1) is 0 Å². The van der Waals surface area contributed by atoms with Gasteiger partial charge >= 0.3 is 0 Å². The number of nitro groups is 1. The van der Waals surface area contributed by atoms with E-state index in [4.69, 9.17) is 0 Å². The van der Waals surface area contributed by atoms with Crippen molar-refractivity contribution in [2.75, 3.05) is 31.1 Å². The summed E-state index contributed by atoms with van der Waals surface area (Å²) in [5.74, 6) is 0.0530. The van der Waals surface area contributed by atoms with Crippen LogP contribution in [0.4, 0.5) is 11.4 Å². The second kappa shape index (κ2) is 7.82. The molecule has 0 radical (unpaired) electrons. The van der Waals surface area contributed by atoms with Crippen LogP contribution in [0.1, 0.15) is 12.5 Å². The fourth-order valence-electron chi connectivity index (χ4n) is 3.06. The second-order valence-corrected chi connectivity index (χ2v) is 6.29. The van der Waals surface area contributed by atoms with Crippen molar-refractivity contribution in [3.8, 4) is 0 Å². The van der Waals surface area contributed by atoms with Gasteiger partial charge in [-0.1, -0.05) is 30.3 Å². The fourth-order valence-corrected chi connectivity index (χ4v) is 3.06. The molecule has 6 nitrogen and oxygen atoms in total. The van der Waals surface area contributed by atoms with E-state index in [2.05, 4.69) is 4.90 Å². The normalized spacial score (nSPS) is 15.0. The minimum Gasteiger partial charge on any atom is -0.368 e. The van der Waals surface area contributed by atoms with Gasteiger partial charge in [-0.3, -0.25) is 14.9 Å².